The van der Waals surface area contributed by atoms with E-state index < -0.39 is 10.0 Å². The molecule has 0 saturated heterocycles. The first-order chi connectivity index (χ1) is 9.77. The second-order valence-electron chi connectivity index (χ2n) is 6.09. The molecule has 0 bridgehead atoms. The van der Waals surface area contributed by atoms with Crippen molar-refractivity contribution in [3.63, 3.8) is 0 Å². The van der Waals surface area contributed by atoms with E-state index in [1.807, 2.05) is 27.7 Å². The minimum Gasteiger partial charge on any atom is -0.207 e. The van der Waals surface area contributed by atoms with Crippen molar-refractivity contribution in [2.24, 2.45) is 11.8 Å². The van der Waals surface area contributed by atoms with Gasteiger partial charge in [0.05, 0.1) is 17.4 Å². The van der Waals surface area contributed by atoms with Crippen molar-refractivity contribution in [2.75, 3.05) is 13.1 Å². The SMILES string of the molecule is CC(C)CN(CC(C)C)S(=O)(=O)c1ccc(CC#N)cc1. The Bertz CT molecular complexity index is 574. The Kier molecular flexibility index (Phi) is 6.38. The topological polar surface area (TPSA) is 61.2 Å². The number of hydrogen-bond acceptors (Lipinski definition) is 3. The van der Waals surface area contributed by atoms with Gasteiger partial charge < -0.3 is 0 Å². The molecule has 4 nitrogen and oxygen atoms in total. The fourth-order valence-electron chi connectivity index (χ4n) is 2.10. The predicted molar refractivity (Wildman–Crippen MR) is 84.2 cm³/mol. The van der Waals surface area contributed by atoms with Crippen molar-refractivity contribution in [3.05, 3.63) is 29.8 Å². The van der Waals surface area contributed by atoms with E-state index in [0.717, 1.165) is 5.56 Å². The first kappa shape index (κ1) is 17.7. The van der Waals surface area contributed by atoms with Crippen molar-refractivity contribution >= 4 is 10.0 Å². The van der Waals surface area contributed by atoms with E-state index in [-0.39, 0.29) is 11.8 Å². The van der Waals surface area contributed by atoms with Gasteiger partial charge in [-0.25, -0.2) is 8.42 Å². The van der Waals surface area contributed by atoms with Gasteiger partial charge in [-0.1, -0.05) is 39.8 Å². The fraction of sp³-hybridized carbons (Fsp3) is 0.562. The molecule has 0 radical (unpaired) electrons. The summed E-state index contributed by atoms with van der Waals surface area (Å²) in [5.74, 6) is 0.549. The number of nitrogens with zero attached hydrogens (tertiary/aromatic N) is 2. The number of hydrogen-bond donors (Lipinski definition) is 0. The third-order valence-electron chi connectivity index (χ3n) is 2.98. The minimum absolute atomic E-state index is 0.274. The molecule has 0 fully saturated rings. The third-order valence-corrected chi connectivity index (χ3v) is 4.83. The second kappa shape index (κ2) is 7.58. The summed E-state index contributed by atoms with van der Waals surface area (Å²) in [6.07, 6.45) is 0.294. The average Bonchev–Trinajstić information content (AvgIpc) is 2.38. The highest BCUT2D eigenvalue weighted by Gasteiger charge is 2.25. The van der Waals surface area contributed by atoms with Crippen LogP contribution in [0.2, 0.25) is 0 Å². The number of rotatable bonds is 7. The molecule has 0 aliphatic rings. The molecule has 0 heterocycles. The minimum atomic E-state index is -3.47. The van der Waals surface area contributed by atoms with Gasteiger partial charge in [0.25, 0.3) is 0 Å². The summed E-state index contributed by atoms with van der Waals surface area (Å²) >= 11 is 0. The van der Waals surface area contributed by atoms with Crippen LogP contribution >= 0.6 is 0 Å². The molecule has 0 unspecified atom stereocenters. The summed E-state index contributed by atoms with van der Waals surface area (Å²) in [6.45, 7) is 9.08. The molecule has 0 amide bonds. The first-order valence-corrected chi connectivity index (χ1v) is 8.67. The van der Waals surface area contributed by atoms with Gasteiger partial charge in [0.1, 0.15) is 0 Å². The van der Waals surface area contributed by atoms with Gasteiger partial charge in [-0.3, -0.25) is 0 Å². The van der Waals surface area contributed by atoms with E-state index in [4.69, 9.17) is 5.26 Å². The van der Waals surface area contributed by atoms with Crippen LogP contribution in [0.15, 0.2) is 29.2 Å². The summed E-state index contributed by atoms with van der Waals surface area (Å²) in [5, 5.41) is 8.66. The average molecular weight is 308 g/mol. The number of benzene rings is 1. The maximum atomic E-state index is 12.7. The highest BCUT2D eigenvalue weighted by molar-refractivity contribution is 7.89. The van der Waals surface area contributed by atoms with E-state index in [1.54, 1.807) is 28.6 Å². The van der Waals surface area contributed by atoms with Crippen LogP contribution in [0.25, 0.3) is 0 Å². The summed E-state index contributed by atoms with van der Waals surface area (Å²) < 4.78 is 27.0. The van der Waals surface area contributed by atoms with Gasteiger partial charge in [0, 0.05) is 13.1 Å². The van der Waals surface area contributed by atoms with Crippen molar-refractivity contribution in [1.82, 2.24) is 4.31 Å². The smallest absolute Gasteiger partial charge is 0.207 e. The molecule has 0 atom stereocenters. The van der Waals surface area contributed by atoms with Crippen LogP contribution < -0.4 is 0 Å². The standard InChI is InChI=1S/C16H24N2O2S/c1-13(2)11-18(12-14(3)4)21(19,20)16-7-5-15(6-8-16)9-10-17/h5-8,13-14H,9,11-12H2,1-4H3. The summed E-state index contributed by atoms with van der Waals surface area (Å²) in [5.41, 5.74) is 0.829. The van der Waals surface area contributed by atoms with Gasteiger partial charge in [-0.2, -0.15) is 9.57 Å². The lowest BCUT2D eigenvalue weighted by atomic mass is 10.2. The van der Waals surface area contributed by atoms with E-state index in [9.17, 15) is 8.42 Å². The van der Waals surface area contributed by atoms with Crippen molar-refractivity contribution in [1.29, 1.82) is 5.26 Å². The lowest BCUT2D eigenvalue weighted by Crippen LogP contribution is -2.37. The quantitative estimate of drug-likeness (QED) is 0.777. The van der Waals surface area contributed by atoms with Gasteiger partial charge in [0.15, 0.2) is 0 Å². The molecule has 0 saturated carbocycles. The molecule has 116 valence electrons. The van der Waals surface area contributed by atoms with Crippen LogP contribution in [0.3, 0.4) is 0 Å². The fourth-order valence-corrected chi connectivity index (χ4v) is 3.87. The first-order valence-electron chi connectivity index (χ1n) is 7.23. The van der Waals surface area contributed by atoms with E-state index in [0.29, 0.717) is 24.4 Å². The predicted octanol–water partition coefficient (Wildman–Crippen LogP) is 3.06. The molecule has 0 aromatic heterocycles. The van der Waals surface area contributed by atoms with Gasteiger partial charge in [-0.15, -0.1) is 0 Å². The lowest BCUT2D eigenvalue weighted by molar-refractivity contribution is 0.333. The van der Waals surface area contributed by atoms with Crippen LogP contribution in [0.1, 0.15) is 33.3 Å². The van der Waals surface area contributed by atoms with Crippen molar-refractivity contribution in [2.45, 2.75) is 39.0 Å². The molecule has 5 heteroatoms. The van der Waals surface area contributed by atoms with Crippen molar-refractivity contribution in [3.8, 4) is 6.07 Å². The Morgan fingerprint density at radius 2 is 1.52 bits per heavy atom. The van der Waals surface area contributed by atoms with Gasteiger partial charge in [0.2, 0.25) is 10.0 Å². The zero-order valence-corrected chi connectivity index (χ0v) is 14.0. The molecule has 0 spiro atoms. The van der Waals surface area contributed by atoms with Crippen LogP contribution in [-0.4, -0.2) is 25.8 Å². The molecular weight excluding hydrogens is 284 g/mol. The third kappa shape index (κ3) is 5.14. The molecule has 0 N–H and O–H groups in total. The van der Waals surface area contributed by atoms with E-state index >= 15 is 0 Å². The van der Waals surface area contributed by atoms with Crippen LogP contribution in [0.4, 0.5) is 0 Å². The van der Waals surface area contributed by atoms with Crippen LogP contribution in [0.5, 0.6) is 0 Å². The Labute approximate surface area is 128 Å². The summed E-state index contributed by atoms with van der Waals surface area (Å²) in [7, 11) is -3.47. The molecule has 1 aromatic carbocycles. The molecule has 0 aliphatic carbocycles. The Balaban J connectivity index is 3.06. The Morgan fingerprint density at radius 3 is 1.90 bits per heavy atom. The molecule has 1 aromatic rings. The van der Waals surface area contributed by atoms with Crippen LogP contribution in [-0.2, 0) is 16.4 Å². The zero-order chi connectivity index (χ0) is 16.0. The molecule has 21 heavy (non-hydrogen) atoms. The highest BCUT2D eigenvalue weighted by Crippen LogP contribution is 2.19. The monoisotopic (exact) mass is 308 g/mol. The van der Waals surface area contributed by atoms with Gasteiger partial charge >= 0.3 is 0 Å². The van der Waals surface area contributed by atoms with Crippen LogP contribution in [0, 0.1) is 23.2 Å². The summed E-state index contributed by atoms with van der Waals surface area (Å²) in [4.78, 5) is 0.297. The maximum Gasteiger partial charge on any atom is 0.243 e. The summed E-state index contributed by atoms with van der Waals surface area (Å²) in [6, 6.07) is 8.66. The molecule has 1 rings (SSSR count). The number of nitriles is 1. The zero-order valence-electron chi connectivity index (χ0n) is 13.2. The molecular formula is C16H24N2O2S. The molecule has 0 aliphatic heterocycles. The van der Waals surface area contributed by atoms with Gasteiger partial charge in [-0.05, 0) is 29.5 Å². The largest absolute Gasteiger partial charge is 0.243 e. The Hall–Kier alpha value is -1.38. The lowest BCUT2D eigenvalue weighted by Gasteiger charge is -2.25. The van der Waals surface area contributed by atoms with Crippen molar-refractivity contribution < 1.29 is 8.42 Å². The van der Waals surface area contributed by atoms with E-state index in [1.165, 1.54) is 0 Å². The maximum absolute atomic E-state index is 12.7. The number of sulfonamides is 1. The normalized spacial score (nSPS) is 12.1. The Morgan fingerprint density at radius 1 is 1.05 bits per heavy atom. The second-order valence-corrected chi connectivity index (χ2v) is 8.03. The highest BCUT2D eigenvalue weighted by atomic mass is 32.2. The van der Waals surface area contributed by atoms with E-state index in [2.05, 4.69) is 6.07 Å².